The third kappa shape index (κ3) is 2.32. The normalized spacial score (nSPS) is 11.0. The van der Waals surface area contributed by atoms with Gasteiger partial charge in [-0.3, -0.25) is 0 Å². The van der Waals surface area contributed by atoms with E-state index < -0.39 is 0 Å². The molecule has 0 spiro atoms. The smallest absolute Gasteiger partial charge is 0.141 e. The Morgan fingerprint density at radius 3 is 2.67 bits per heavy atom. The summed E-state index contributed by atoms with van der Waals surface area (Å²) >= 11 is 6.12. The Morgan fingerprint density at radius 1 is 1.24 bits per heavy atom. The maximum absolute atomic E-state index is 6.12. The third-order valence-electron chi connectivity index (χ3n) is 3.62. The number of ether oxygens (including phenoxy) is 1. The van der Waals surface area contributed by atoms with Crippen LogP contribution in [0.5, 0.6) is 5.75 Å². The lowest BCUT2D eigenvalue weighted by molar-refractivity contribution is 0.408. The minimum absolute atomic E-state index is 0.476. The summed E-state index contributed by atoms with van der Waals surface area (Å²) in [6.07, 6.45) is 0. The highest BCUT2D eigenvalue weighted by atomic mass is 35.5. The van der Waals surface area contributed by atoms with Crippen molar-refractivity contribution in [3.8, 4) is 5.75 Å². The number of aromatic nitrogens is 2. The van der Waals surface area contributed by atoms with Crippen molar-refractivity contribution in [3.63, 3.8) is 0 Å². The molecule has 21 heavy (non-hydrogen) atoms. The molecule has 5 heteroatoms. The van der Waals surface area contributed by atoms with E-state index >= 15 is 0 Å². The van der Waals surface area contributed by atoms with Crippen LogP contribution in [0.4, 0.5) is 5.82 Å². The first-order valence-electron chi connectivity index (χ1n) is 6.65. The molecule has 0 unspecified atom stereocenters. The van der Waals surface area contributed by atoms with Crippen molar-refractivity contribution < 1.29 is 4.74 Å². The first-order valence-corrected chi connectivity index (χ1v) is 7.02. The highest BCUT2D eigenvalue weighted by Crippen LogP contribution is 2.30. The Labute approximate surface area is 128 Å². The summed E-state index contributed by atoms with van der Waals surface area (Å²) in [6, 6.07) is 12.2. The number of benzene rings is 2. The predicted molar refractivity (Wildman–Crippen MR) is 86.0 cm³/mol. The van der Waals surface area contributed by atoms with Crippen molar-refractivity contribution in [2.75, 3.05) is 12.8 Å². The highest BCUT2D eigenvalue weighted by molar-refractivity contribution is 6.33. The summed E-state index contributed by atoms with van der Waals surface area (Å²) < 4.78 is 7.20. The molecule has 2 aromatic carbocycles. The minimum Gasteiger partial charge on any atom is -0.496 e. The Balaban J connectivity index is 2.16. The molecule has 0 amide bonds. The van der Waals surface area contributed by atoms with Gasteiger partial charge in [0.05, 0.1) is 19.3 Å². The van der Waals surface area contributed by atoms with Crippen LogP contribution in [0.1, 0.15) is 11.3 Å². The van der Waals surface area contributed by atoms with E-state index in [0.29, 0.717) is 17.4 Å². The molecular formula is C16H16ClN3O. The fourth-order valence-electron chi connectivity index (χ4n) is 2.52. The van der Waals surface area contributed by atoms with E-state index in [1.165, 1.54) is 0 Å². The summed E-state index contributed by atoms with van der Waals surface area (Å²) in [5, 5.41) is 7.18. The van der Waals surface area contributed by atoms with Crippen LogP contribution in [0, 0.1) is 6.92 Å². The van der Waals surface area contributed by atoms with E-state index in [9.17, 15) is 0 Å². The third-order valence-corrected chi connectivity index (χ3v) is 4.08. The van der Waals surface area contributed by atoms with Crippen LogP contribution >= 0.6 is 11.6 Å². The van der Waals surface area contributed by atoms with Gasteiger partial charge < -0.3 is 10.5 Å². The number of anilines is 1. The highest BCUT2D eigenvalue weighted by Gasteiger charge is 2.14. The second-order valence-corrected chi connectivity index (χ2v) is 5.29. The summed E-state index contributed by atoms with van der Waals surface area (Å²) in [5.41, 5.74) is 7.79. The van der Waals surface area contributed by atoms with Crippen molar-refractivity contribution in [3.05, 3.63) is 52.7 Å². The van der Waals surface area contributed by atoms with Crippen LogP contribution < -0.4 is 10.5 Å². The molecule has 0 aliphatic carbocycles. The molecular weight excluding hydrogens is 286 g/mol. The summed E-state index contributed by atoms with van der Waals surface area (Å²) in [6.45, 7) is 2.36. The van der Waals surface area contributed by atoms with E-state index in [1.54, 1.807) is 11.8 Å². The molecule has 0 saturated heterocycles. The zero-order chi connectivity index (χ0) is 15.0. The van der Waals surface area contributed by atoms with Gasteiger partial charge in [-0.15, -0.1) is 0 Å². The van der Waals surface area contributed by atoms with E-state index in [2.05, 4.69) is 17.2 Å². The van der Waals surface area contributed by atoms with E-state index in [1.807, 2.05) is 31.2 Å². The number of hydrogen-bond acceptors (Lipinski definition) is 3. The number of methoxy groups -OCH3 is 1. The Morgan fingerprint density at radius 2 is 2.00 bits per heavy atom. The SMILES string of the molecule is COc1ccc2ccccc2c1Cn1nc(C)c(Cl)c1N. The van der Waals surface area contributed by atoms with Crippen molar-refractivity contribution in [2.45, 2.75) is 13.5 Å². The van der Waals surface area contributed by atoms with E-state index in [0.717, 1.165) is 27.8 Å². The number of nitrogens with zero attached hydrogens (tertiary/aromatic N) is 2. The average molecular weight is 302 g/mol. The van der Waals surface area contributed by atoms with E-state index in [-0.39, 0.29) is 0 Å². The molecule has 0 aliphatic heterocycles. The first kappa shape index (κ1) is 13.8. The molecule has 2 N–H and O–H groups in total. The van der Waals surface area contributed by atoms with Crippen molar-refractivity contribution >= 4 is 28.2 Å². The molecule has 0 atom stereocenters. The maximum Gasteiger partial charge on any atom is 0.141 e. The molecule has 0 fully saturated rings. The number of rotatable bonds is 3. The fraction of sp³-hybridized carbons (Fsp3) is 0.188. The second-order valence-electron chi connectivity index (χ2n) is 4.91. The average Bonchev–Trinajstić information content (AvgIpc) is 2.75. The van der Waals surface area contributed by atoms with Crippen LogP contribution in [0.15, 0.2) is 36.4 Å². The van der Waals surface area contributed by atoms with Crippen LogP contribution in [-0.4, -0.2) is 16.9 Å². The molecule has 4 nitrogen and oxygen atoms in total. The van der Waals surface area contributed by atoms with Gasteiger partial charge >= 0.3 is 0 Å². The Hall–Kier alpha value is -2.20. The Kier molecular flexibility index (Phi) is 3.47. The number of nitrogens with two attached hydrogens (primary N) is 1. The number of fused-ring (bicyclic) bond motifs is 1. The number of hydrogen-bond donors (Lipinski definition) is 1. The Bertz CT molecular complexity index is 811. The molecule has 0 radical (unpaired) electrons. The van der Waals surface area contributed by atoms with Gasteiger partial charge in [-0.05, 0) is 23.8 Å². The van der Waals surface area contributed by atoms with Gasteiger partial charge in [-0.2, -0.15) is 5.10 Å². The van der Waals surface area contributed by atoms with Crippen LogP contribution in [0.25, 0.3) is 10.8 Å². The monoisotopic (exact) mass is 301 g/mol. The van der Waals surface area contributed by atoms with Gasteiger partial charge in [0.15, 0.2) is 0 Å². The van der Waals surface area contributed by atoms with Crippen LogP contribution in [0.3, 0.4) is 0 Å². The first-order chi connectivity index (χ1) is 10.1. The van der Waals surface area contributed by atoms with Gasteiger partial charge in [-0.1, -0.05) is 41.9 Å². The minimum atomic E-state index is 0.476. The van der Waals surface area contributed by atoms with Gasteiger partial charge in [0.2, 0.25) is 0 Å². The van der Waals surface area contributed by atoms with Gasteiger partial charge in [0.25, 0.3) is 0 Å². The summed E-state index contributed by atoms with van der Waals surface area (Å²) in [7, 11) is 1.66. The molecule has 0 bridgehead atoms. The molecule has 3 rings (SSSR count). The molecule has 0 saturated carbocycles. The zero-order valence-electron chi connectivity index (χ0n) is 11.9. The quantitative estimate of drug-likeness (QED) is 0.803. The van der Waals surface area contributed by atoms with Crippen molar-refractivity contribution in [1.29, 1.82) is 0 Å². The van der Waals surface area contributed by atoms with Crippen LogP contribution in [-0.2, 0) is 6.54 Å². The zero-order valence-corrected chi connectivity index (χ0v) is 12.7. The lowest BCUT2D eigenvalue weighted by Gasteiger charge is -2.13. The second kappa shape index (κ2) is 5.30. The number of aryl methyl sites for hydroxylation is 1. The van der Waals surface area contributed by atoms with Crippen molar-refractivity contribution in [1.82, 2.24) is 9.78 Å². The maximum atomic E-state index is 6.12. The molecule has 0 aliphatic rings. The van der Waals surface area contributed by atoms with Gasteiger partial charge in [-0.25, -0.2) is 4.68 Å². The standard InChI is InChI=1S/C16H16ClN3O/c1-10-15(17)16(18)20(19-10)9-13-12-6-4-3-5-11(12)7-8-14(13)21-2/h3-8H,9,18H2,1-2H3. The van der Waals surface area contributed by atoms with Crippen LogP contribution in [0.2, 0.25) is 5.02 Å². The molecule has 108 valence electrons. The summed E-state index contributed by atoms with van der Waals surface area (Å²) in [4.78, 5) is 0. The van der Waals surface area contributed by atoms with Crippen molar-refractivity contribution in [2.24, 2.45) is 0 Å². The lowest BCUT2D eigenvalue weighted by Crippen LogP contribution is -2.07. The topological polar surface area (TPSA) is 53.1 Å². The largest absolute Gasteiger partial charge is 0.496 e. The number of nitrogen functional groups attached to an aromatic ring is 1. The summed E-state index contributed by atoms with van der Waals surface area (Å²) in [5.74, 6) is 1.29. The molecule has 1 heterocycles. The molecule has 1 aromatic heterocycles. The fourth-order valence-corrected chi connectivity index (χ4v) is 2.65. The predicted octanol–water partition coefficient (Wildman–Crippen LogP) is 3.64. The number of halogens is 1. The van der Waals surface area contributed by atoms with E-state index in [4.69, 9.17) is 22.1 Å². The van der Waals surface area contributed by atoms with Gasteiger partial charge in [0.1, 0.15) is 16.6 Å². The molecule has 3 aromatic rings. The lowest BCUT2D eigenvalue weighted by atomic mass is 10.0. The van der Waals surface area contributed by atoms with Gasteiger partial charge in [0, 0.05) is 5.56 Å².